The van der Waals surface area contributed by atoms with E-state index in [1.54, 1.807) is 30.2 Å². The molecule has 1 atom stereocenters. The smallest absolute Gasteiger partial charge is 0.260 e. The minimum atomic E-state index is -0.177. The standard InChI is InChI=1S/C14H16N4O3/c1-9-16-13(21-17-9)11-6-4-8-18(11)14(19)10-5-3-7-15-12(10)20-2/h3,5,7,11H,4,6,8H2,1-2H3. The molecular formula is C14H16N4O3. The minimum Gasteiger partial charge on any atom is -0.480 e. The highest BCUT2D eigenvalue weighted by Gasteiger charge is 2.35. The Morgan fingerprint density at radius 3 is 3.10 bits per heavy atom. The molecule has 21 heavy (non-hydrogen) atoms. The predicted octanol–water partition coefficient (Wildman–Crippen LogP) is 1.76. The van der Waals surface area contributed by atoms with Crippen molar-refractivity contribution in [2.45, 2.75) is 25.8 Å². The van der Waals surface area contributed by atoms with Gasteiger partial charge in [0.05, 0.1) is 7.11 Å². The number of aryl methyl sites for hydroxylation is 1. The van der Waals surface area contributed by atoms with Gasteiger partial charge in [-0.25, -0.2) is 4.98 Å². The summed E-state index contributed by atoms with van der Waals surface area (Å²) in [6.45, 7) is 2.42. The van der Waals surface area contributed by atoms with Crippen LogP contribution in [0.4, 0.5) is 0 Å². The number of carbonyl (C=O) groups is 1. The van der Waals surface area contributed by atoms with Gasteiger partial charge in [0.2, 0.25) is 11.8 Å². The summed E-state index contributed by atoms with van der Waals surface area (Å²) in [6.07, 6.45) is 3.31. The molecule has 2 aromatic heterocycles. The topological polar surface area (TPSA) is 81.4 Å². The Hall–Kier alpha value is -2.44. The van der Waals surface area contributed by atoms with E-state index in [0.717, 1.165) is 12.8 Å². The van der Waals surface area contributed by atoms with Crippen molar-refractivity contribution < 1.29 is 14.1 Å². The maximum absolute atomic E-state index is 12.7. The summed E-state index contributed by atoms with van der Waals surface area (Å²) in [4.78, 5) is 22.8. The van der Waals surface area contributed by atoms with E-state index in [1.807, 2.05) is 0 Å². The van der Waals surface area contributed by atoms with Gasteiger partial charge in [-0.05, 0) is 31.9 Å². The number of ether oxygens (including phenoxy) is 1. The van der Waals surface area contributed by atoms with Crippen LogP contribution < -0.4 is 4.74 Å². The molecule has 1 aliphatic rings. The van der Waals surface area contributed by atoms with Gasteiger partial charge in [-0.3, -0.25) is 4.79 Å². The van der Waals surface area contributed by atoms with Crippen LogP contribution in [0.2, 0.25) is 0 Å². The van der Waals surface area contributed by atoms with Crippen LogP contribution >= 0.6 is 0 Å². The summed E-state index contributed by atoms with van der Waals surface area (Å²) >= 11 is 0. The lowest BCUT2D eigenvalue weighted by molar-refractivity contribution is 0.0706. The molecule has 110 valence electrons. The molecule has 7 nitrogen and oxygen atoms in total. The van der Waals surface area contributed by atoms with Crippen LogP contribution in [0.1, 0.15) is 41.0 Å². The molecule has 1 unspecified atom stereocenters. The summed E-state index contributed by atoms with van der Waals surface area (Å²) in [5.74, 6) is 1.26. The second kappa shape index (κ2) is 5.51. The summed E-state index contributed by atoms with van der Waals surface area (Å²) < 4.78 is 10.4. The van der Waals surface area contributed by atoms with Gasteiger partial charge in [0.1, 0.15) is 11.6 Å². The first-order valence-corrected chi connectivity index (χ1v) is 6.81. The van der Waals surface area contributed by atoms with E-state index >= 15 is 0 Å². The van der Waals surface area contributed by atoms with Gasteiger partial charge >= 0.3 is 0 Å². The Balaban J connectivity index is 1.89. The normalized spacial score (nSPS) is 18.0. The number of nitrogens with zero attached hydrogens (tertiary/aromatic N) is 4. The van der Waals surface area contributed by atoms with E-state index in [-0.39, 0.29) is 11.9 Å². The molecule has 1 fully saturated rings. The van der Waals surface area contributed by atoms with Crippen molar-refractivity contribution in [3.63, 3.8) is 0 Å². The van der Waals surface area contributed by atoms with Crippen LogP contribution in [0.15, 0.2) is 22.9 Å². The fourth-order valence-electron chi connectivity index (χ4n) is 2.59. The first-order valence-electron chi connectivity index (χ1n) is 6.81. The van der Waals surface area contributed by atoms with Crippen LogP contribution in [-0.4, -0.2) is 39.6 Å². The summed E-state index contributed by atoms with van der Waals surface area (Å²) in [6, 6.07) is 3.25. The molecule has 0 saturated carbocycles. The Labute approximate surface area is 121 Å². The molecule has 0 N–H and O–H groups in total. The second-order valence-electron chi connectivity index (χ2n) is 4.90. The monoisotopic (exact) mass is 288 g/mol. The highest BCUT2D eigenvalue weighted by atomic mass is 16.5. The number of rotatable bonds is 3. The molecule has 3 rings (SSSR count). The van der Waals surface area contributed by atoms with Crippen molar-refractivity contribution in [3.05, 3.63) is 35.6 Å². The maximum Gasteiger partial charge on any atom is 0.260 e. The van der Waals surface area contributed by atoms with Crippen LogP contribution in [0.3, 0.4) is 0 Å². The molecule has 1 aliphatic heterocycles. The Morgan fingerprint density at radius 2 is 2.38 bits per heavy atom. The zero-order valence-electron chi connectivity index (χ0n) is 11.9. The van der Waals surface area contributed by atoms with E-state index in [4.69, 9.17) is 9.26 Å². The van der Waals surface area contributed by atoms with E-state index in [2.05, 4.69) is 15.1 Å². The van der Waals surface area contributed by atoms with E-state index < -0.39 is 0 Å². The molecular weight excluding hydrogens is 272 g/mol. The van der Waals surface area contributed by atoms with Gasteiger partial charge in [0.25, 0.3) is 5.91 Å². The lowest BCUT2D eigenvalue weighted by Gasteiger charge is -2.22. The largest absolute Gasteiger partial charge is 0.480 e. The average molecular weight is 288 g/mol. The average Bonchev–Trinajstić information content (AvgIpc) is 3.14. The highest BCUT2D eigenvalue weighted by Crippen LogP contribution is 2.33. The fraction of sp³-hybridized carbons (Fsp3) is 0.429. The zero-order valence-corrected chi connectivity index (χ0v) is 11.9. The molecule has 3 heterocycles. The van der Waals surface area contributed by atoms with Gasteiger partial charge in [0, 0.05) is 12.7 Å². The molecule has 1 saturated heterocycles. The lowest BCUT2D eigenvalue weighted by atomic mass is 10.2. The summed E-state index contributed by atoms with van der Waals surface area (Å²) in [5.41, 5.74) is 0.447. The number of hydrogen-bond donors (Lipinski definition) is 0. The van der Waals surface area contributed by atoms with E-state index in [9.17, 15) is 4.79 Å². The number of likely N-dealkylation sites (tertiary alicyclic amines) is 1. The molecule has 0 aliphatic carbocycles. The number of aromatic nitrogens is 3. The van der Waals surface area contributed by atoms with Crippen LogP contribution in [0.25, 0.3) is 0 Å². The van der Waals surface area contributed by atoms with Crippen LogP contribution in [0, 0.1) is 6.92 Å². The number of pyridine rings is 1. The van der Waals surface area contributed by atoms with Gasteiger partial charge < -0.3 is 14.2 Å². The fourth-order valence-corrected chi connectivity index (χ4v) is 2.59. The highest BCUT2D eigenvalue weighted by molar-refractivity contribution is 5.96. The third-order valence-electron chi connectivity index (χ3n) is 3.54. The molecule has 7 heteroatoms. The quantitative estimate of drug-likeness (QED) is 0.856. The molecule has 2 aromatic rings. The predicted molar refractivity (Wildman–Crippen MR) is 72.8 cm³/mol. The van der Waals surface area contributed by atoms with Crippen molar-refractivity contribution in [3.8, 4) is 5.88 Å². The molecule has 0 radical (unpaired) electrons. The van der Waals surface area contributed by atoms with E-state index in [0.29, 0.717) is 29.7 Å². The molecule has 0 bridgehead atoms. The Morgan fingerprint density at radius 1 is 1.52 bits per heavy atom. The number of carbonyl (C=O) groups excluding carboxylic acids is 1. The van der Waals surface area contributed by atoms with Crippen molar-refractivity contribution in [2.75, 3.05) is 13.7 Å². The SMILES string of the molecule is COc1ncccc1C(=O)N1CCCC1c1nc(C)no1. The molecule has 0 spiro atoms. The molecule has 1 amide bonds. The first kappa shape index (κ1) is 13.5. The van der Waals surface area contributed by atoms with E-state index in [1.165, 1.54) is 7.11 Å². The van der Waals surface area contributed by atoms with Crippen molar-refractivity contribution in [1.82, 2.24) is 20.0 Å². The Kier molecular flexibility index (Phi) is 3.55. The number of hydrogen-bond acceptors (Lipinski definition) is 6. The number of amides is 1. The van der Waals surface area contributed by atoms with Crippen LogP contribution in [0.5, 0.6) is 5.88 Å². The van der Waals surface area contributed by atoms with Gasteiger partial charge in [-0.2, -0.15) is 4.98 Å². The second-order valence-corrected chi connectivity index (χ2v) is 4.90. The third kappa shape index (κ3) is 2.46. The van der Waals surface area contributed by atoms with Gasteiger partial charge in [-0.1, -0.05) is 5.16 Å². The van der Waals surface area contributed by atoms with Gasteiger partial charge in [-0.15, -0.1) is 0 Å². The maximum atomic E-state index is 12.7. The van der Waals surface area contributed by atoms with Gasteiger partial charge in [0.15, 0.2) is 5.82 Å². The summed E-state index contributed by atoms with van der Waals surface area (Å²) in [7, 11) is 1.50. The number of methoxy groups -OCH3 is 1. The van der Waals surface area contributed by atoms with Crippen molar-refractivity contribution in [2.24, 2.45) is 0 Å². The lowest BCUT2D eigenvalue weighted by Crippen LogP contribution is -2.31. The van der Waals surface area contributed by atoms with Crippen LogP contribution in [-0.2, 0) is 0 Å². The summed E-state index contributed by atoms with van der Waals surface area (Å²) in [5, 5.41) is 3.80. The first-order chi connectivity index (χ1) is 10.2. The minimum absolute atomic E-state index is 0.127. The Bertz CT molecular complexity index is 655. The zero-order chi connectivity index (χ0) is 14.8. The van der Waals surface area contributed by atoms with Crippen molar-refractivity contribution in [1.29, 1.82) is 0 Å². The molecule has 0 aromatic carbocycles. The van der Waals surface area contributed by atoms with Crippen molar-refractivity contribution >= 4 is 5.91 Å². The third-order valence-corrected chi connectivity index (χ3v) is 3.54.